The highest BCUT2D eigenvalue weighted by molar-refractivity contribution is 6.32. The van der Waals surface area contributed by atoms with Gasteiger partial charge in [-0.05, 0) is 42.7 Å². The summed E-state index contributed by atoms with van der Waals surface area (Å²) < 4.78 is 0. The molecule has 0 aromatic heterocycles. The molecule has 0 heterocycles. The standard InChI is InChI=1S/C20H20Cl2N4O4/c1-12(2)9-17(24-19(27)14-4-6-15(21)7-5-14)20(28)25-23-11-13-3-8-16(22)18(10-13)26(29)30/h3-8,10-12,17H,9H2,1-2H3,(H,24,27)(H,25,28). The SMILES string of the molecule is CC(C)CC(NC(=O)c1ccc(Cl)cc1)C(=O)NN=Cc1ccc(Cl)c([N+](=O)[O-])c1. The van der Waals surface area contributed by atoms with Gasteiger partial charge in [-0.2, -0.15) is 5.10 Å². The quantitative estimate of drug-likeness (QED) is 0.356. The fraction of sp³-hybridized carbons (Fsp3) is 0.250. The van der Waals surface area contributed by atoms with Crippen molar-refractivity contribution in [3.63, 3.8) is 0 Å². The summed E-state index contributed by atoms with van der Waals surface area (Å²) in [5.74, 6) is -0.787. The van der Waals surface area contributed by atoms with Crippen LogP contribution < -0.4 is 10.7 Å². The van der Waals surface area contributed by atoms with Gasteiger partial charge in [-0.3, -0.25) is 19.7 Å². The summed E-state index contributed by atoms with van der Waals surface area (Å²) in [4.78, 5) is 35.3. The first kappa shape index (κ1) is 23.3. The lowest BCUT2D eigenvalue weighted by Crippen LogP contribution is -2.46. The predicted octanol–water partition coefficient (Wildman–Crippen LogP) is 4.20. The molecule has 158 valence electrons. The van der Waals surface area contributed by atoms with Crippen molar-refractivity contribution in [1.29, 1.82) is 0 Å². The molecule has 0 radical (unpaired) electrons. The normalized spacial score (nSPS) is 12.0. The smallest absolute Gasteiger partial charge is 0.288 e. The van der Waals surface area contributed by atoms with Gasteiger partial charge in [0.1, 0.15) is 11.1 Å². The van der Waals surface area contributed by atoms with E-state index in [9.17, 15) is 19.7 Å². The van der Waals surface area contributed by atoms with Gasteiger partial charge >= 0.3 is 0 Å². The maximum atomic E-state index is 12.5. The van der Waals surface area contributed by atoms with E-state index in [1.165, 1.54) is 24.4 Å². The van der Waals surface area contributed by atoms with E-state index in [1.807, 2.05) is 13.8 Å². The number of benzene rings is 2. The molecule has 2 N–H and O–H groups in total. The van der Waals surface area contributed by atoms with Gasteiger partial charge in [0.15, 0.2) is 0 Å². The third-order valence-electron chi connectivity index (χ3n) is 3.99. The van der Waals surface area contributed by atoms with Gasteiger partial charge < -0.3 is 5.32 Å². The summed E-state index contributed by atoms with van der Waals surface area (Å²) in [6.07, 6.45) is 1.65. The third kappa shape index (κ3) is 6.82. The number of carbonyl (C=O) groups is 2. The molecule has 8 nitrogen and oxygen atoms in total. The van der Waals surface area contributed by atoms with Crippen LogP contribution in [-0.4, -0.2) is 29.0 Å². The van der Waals surface area contributed by atoms with Crippen LogP contribution in [0, 0.1) is 16.0 Å². The maximum Gasteiger partial charge on any atom is 0.288 e. The van der Waals surface area contributed by atoms with Crippen molar-refractivity contribution in [2.24, 2.45) is 11.0 Å². The Kier molecular flexibility index (Phi) is 8.32. The van der Waals surface area contributed by atoms with E-state index in [1.54, 1.807) is 24.3 Å². The van der Waals surface area contributed by atoms with E-state index in [0.717, 1.165) is 0 Å². The molecule has 2 amide bonds. The zero-order chi connectivity index (χ0) is 22.3. The molecule has 0 bridgehead atoms. The number of nitro benzene ring substituents is 1. The van der Waals surface area contributed by atoms with Crippen LogP contribution in [0.1, 0.15) is 36.2 Å². The van der Waals surface area contributed by atoms with Crippen molar-refractivity contribution in [2.45, 2.75) is 26.3 Å². The molecule has 1 atom stereocenters. The van der Waals surface area contributed by atoms with Crippen LogP contribution in [0.15, 0.2) is 47.6 Å². The molecule has 0 aliphatic rings. The van der Waals surface area contributed by atoms with Crippen LogP contribution in [0.4, 0.5) is 5.69 Å². The minimum atomic E-state index is -0.815. The van der Waals surface area contributed by atoms with Crippen molar-refractivity contribution < 1.29 is 14.5 Å². The first-order valence-electron chi connectivity index (χ1n) is 9.00. The van der Waals surface area contributed by atoms with E-state index < -0.39 is 22.8 Å². The molecule has 2 aromatic carbocycles. The Balaban J connectivity index is 2.07. The number of amides is 2. The number of rotatable bonds is 8. The number of nitrogens with zero attached hydrogens (tertiary/aromatic N) is 2. The molecule has 2 rings (SSSR count). The fourth-order valence-electron chi connectivity index (χ4n) is 2.54. The van der Waals surface area contributed by atoms with Gasteiger partial charge in [-0.15, -0.1) is 0 Å². The number of hydrogen-bond acceptors (Lipinski definition) is 5. The van der Waals surface area contributed by atoms with E-state index in [-0.39, 0.29) is 16.6 Å². The van der Waals surface area contributed by atoms with Crippen LogP contribution in [0.2, 0.25) is 10.0 Å². The molecule has 0 aliphatic carbocycles. The van der Waals surface area contributed by atoms with Gasteiger partial charge in [0.2, 0.25) is 0 Å². The summed E-state index contributed by atoms with van der Waals surface area (Å²) in [6.45, 7) is 3.84. The molecule has 2 aromatic rings. The second-order valence-corrected chi connectivity index (χ2v) is 7.71. The first-order chi connectivity index (χ1) is 14.2. The molecule has 0 saturated carbocycles. The molecule has 0 spiro atoms. The molecular formula is C20H20Cl2N4O4. The molecular weight excluding hydrogens is 431 g/mol. The van der Waals surface area contributed by atoms with Crippen molar-refractivity contribution in [2.75, 3.05) is 0 Å². The molecule has 0 saturated heterocycles. The Morgan fingerprint density at radius 3 is 2.43 bits per heavy atom. The number of nitrogens with one attached hydrogen (secondary N) is 2. The number of nitro groups is 1. The molecule has 0 aliphatic heterocycles. The zero-order valence-electron chi connectivity index (χ0n) is 16.3. The van der Waals surface area contributed by atoms with Gasteiger partial charge in [-0.1, -0.05) is 43.1 Å². The minimum absolute atomic E-state index is 0.00287. The number of hydrazone groups is 1. The summed E-state index contributed by atoms with van der Waals surface area (Å²) in [5.41, 5.74) is 2.85. The Hall–Kier alpha value is -2.97. The molecule has 30 heavy (non-hydrogen) atoms. The molecule has 0 fully saturated rings. The highest BCUT2D eigenvalue weighted by atomic mass is 35.5. The Labute approximate surface area is 183 Å². The minimum Gasteiger partial charge on any atom is -0.340 e. The third-order valence-corrected chi connectivity index (χ3v) is 4.56. The van der Waals surface area contributed by atoms with Crippen molar-refractivity contribution in [3.05, 3.63) is 73.8 Å². The van der Waals surface area contributed by atoms with Crippen LogP contribution in [0.5, 0.6) is 0 Å². The summed E-state index contributed by atoms with van der Waals surface area (Å²) >= 11 is 11.6. The van der Waals surface area contributed by atoms with Crippen LogP contribution in [-0.2, 0) is 4.79 Å². The zero-order valence-corrected chi connectivity index (χ0v) is 17.8. The highest BCUT2D eigenvalue weighted by Crippen LogP contribution is 2.24. The van der Waals surface area contributed by atoms with Gasteiger partial charge in [0.05, 0.1) is 11.1 Å². The van der Waals surface area contributed by atoms with E-state index in [0.29, 0.717) is 22.6 Å². The molecule has 1 unspecified atom stereocenters. The fourth-order valence-corrected chi connectivity index (χ4v) is 2.86. The predicted molar refractivity (Wildman–Crippen MR) is 116 cm³/mol. The Morgan fingerprint density at radius 1 is 1.17 bits per heavy atom. The number of hydrogen-bond donors (Lipinski definition) is 2. The van der Waals surface area contributed by atoms with E-state index in [4.69, 9.17) is 23.2 Å². The van der Waals surface area contributed by atoms with Crippen LogP contribution >= 0.6 is 23.2 Å². The first-order valence-corrected chi connectivity index (χ1v) is 9.76. The number of carbonyl (C=O) groups excluding carboxylic acids is 2. The Morgan fingerprint density at radius 2 is 1.83 bits per heavy atom. The monoisotopic (exact) mass is 450 g/mol. The summed E-state index contributed by atoms with van der Waals surface area (Å²) in [5, 5.41) is 18.0. The average Bonchev–Trinajstić information content (AvgIpc) is 2.68. The Bertz CT molecular complexity index is 962. The van der Waals surface area contributed by atoms with Gasteiger partial charge in [-0.25, -0.2) is 5.43 Å². The second kappa shape index (κ2) is 10.7. The second-order valence-electron chi connectivity index (χ2n) is 6.86. The van der Waals surface area contributed by atoms with Crippen LogP contribution in [0.3, 0.4) is 0 Å². The molecule has 10 heteroatoms. The largest absolute Gasteiger partial charge is 0.340 e. The van der Waals surface area contributed by atoms with Crippen molar-refractivity contribution in [1.82, 2.24) is 10.7 Å². The lowest BCUT2D eigenvalue weighted by molar-refractivity contribution is -0.384. The summed E-state index contributed by atoms with van der Waals surface area (Å²) in [7, 11) is 0. The van der Waals surface area contributed by atoms with E-state index >= 15 is 0 Å². The summed E-state index contributed by atoms with van der Waals surface area (Å²) in [6, 6.07) is 9.63. The highest BCUT2D eigenvalue weighted by Gasteiger charge is 2.22. The van der Waals surface area contributed by atoms with Gasteiger partial charge in [0.25, 0.3) is 17.5 Å². The van der Waals surface area contributed by atoms with Crippen molar-refractivity contribution >= 4 is 46.9 Å². The van der Waals surface area contributed by atoms with Crippen molar-refractivity contribution in [3.8, 4) is 0 Å². The average molecular weight is 451 g/mol. The lowest BCUT2D eigenvalue weighted by Gasteiger charge is -2.19. The van der Waals surface area contributed by atoms with Gasteiger partial charge in [0, 0.05) is 22.2 Å². The van der Waals surface area contributed by atoms with Crippen LogP contribution in [0.25, 0.3) is 0 Å². The topological polar surface area (TPSA) is 114 Å². The maximum absolute atomic E-state index is 12.5. The number of halogens is 2. The lowest BCUT2D eigenvalue weighted by atomic mass is 10.0. The van der Waals surface area contributed by atoms with E-state index in [2.05, 4.69) is 15.8 Å².